The number of fused-ring (bicyclic) bond motifs is 1. The molecule has 2 aromatic heterocycles. The molecule has 2 heterocycles. The Labute approximate surface area is 149 Å². The number of halogens is 1. The predicted octanol–water partition coefficient (Wildman–Crippen LogP) is 4.29. The first-order valence-electron chi connectivity index (χ1n) is 8.31. The molecule has 0 aliphatic rings. The van der Waals surface area contributed by atoms with Gasteiger partial charge in [0.05, 0.1) is 29.4 Å². The Kier molecular flexibility index (Phi) is 4.05. The van der Waals surface area contributed by atoms with Crippen LogP contribution >= 0.6 is 0 Å². The van der Waals surface area contributed by atoms with Crippen molar-refractivity contribution in [3.05, 3.63) is 89.6 Å². The van der Waals surface area contributed by atoms with Gasteiger partial charge in [-0.05, 0) is 31.2 Å². The SMILES string of the molecule is Cc1c(C(=O)Cc2ccc3ccccc3n2)cnn1-c1ccccc1F. The summed E-state index contributed by atoms with van der Waals surface area (Å²) in [7, 11) is 0. The van der Waals surface area contributed by atoms with E-state index in [9.17, 15) is 9.18 Å². The Hall–Kier alpha value is -3.34. The molecule has 0 saturated heterocycles. The van der Waals surface area contributed by atoms with Crippen LogP contribution in [0, 0.1) is 12.7 Å². The second kappa shape index (κ2) is 6.52. The quantitative estimate of drug-likeness (QED) is 0.518. The van der Waals surface area contributed by atoms with Crippen LogP contribution in [0.15, 0.2) is 66.9 Å². The fourth-order valence-corrected chi connectivity index (χ4v) is 3.02. The lowest BCUT2D eigenvalue weighted by atomic mass is 10.1. The van der Waals surface area contributed by atoms with Gasteiger partial charge in [0.25, 0.3) is 0 Å². The van der Waals surface area contributed by atoms with Crippen molar-refractivity contribution < 1.29 is 9.18 Å². The first-order valence-corrected chi connectivity index (χ1v) is 8.31. The van der Waals surface area contributed by atoms with E-state index in [-0.39, 0.29) is 18.0 Å². The highest BCUT2D eigenvalue weighted by Crippen LogP contribution is 2.19. The Morgan fingerprint density at radius 3 is 2.65 bits per heavy atom. The Balaban J connectivity index is 1.63. The van der Waals surface area contributed by atoms with Gasteiger partial charge in [0.1, 0.15) is 11.5 Å². The van der Waals surface area contributed by atoms with Gasteiger partial charge in [-0.15, -0.1) is 0 Å². The first-order chi connectivity index (χ1) is 12.6. The summed E-state index contributed by atoms with van der Waals surface area (Å²) in [5, 5.41) is 5.23. The maximum atomic E-state index is 14.0. The van der Waals surface area contributed by atoms with E-state index in [1.165, 1.54) is 16.9 Å². The van der Waals surface area contributed by atoms with Gasteiger partial charge in [-0.1, -0.05) is 36.4 Å². The molecular weight excluding hydrogens is 329 g/mol. The van der Waals surface area contributed by atoms with Gasteiger partial charge in [-0.2, -0.15) is 5.10 Å². The van der Waals surface area contributed by atoms with Gasteiger partial charge in [0.15, 0.2) is 5.78 Å². The van der Waals surface area contributed by atoms with Crippen LogP contribution in [0.5, 0.6) is 0 Å². The van der Waals surface area contributed by atoms with Crippen LogP contribution < -0.4 is 0 Å². The van der Waals surface area contributed by atoms with E-state index < -0.39 is 0 Å². The summed E-state index contributed by atoms with van der Waals surface area (Å²) >= 11 is 0. The molecule has 0 saturated carbocycles. The first kappa shape index (κ1) is 16.1. The molecule has 26 heavy (non-hydrogen) atoms. The summed E-state index contributed by atoms with van der Waals surface area (Å²) in [5.74, 6) is -0.471. The molecule has 5 heteroatoms. The van der Waals surface area contributed by atoms with Gasteiger partial charge in [0.2, 0.25) is 0 Å². The lowest BCUT2D eigenvalue weighted by Crippen LogP contribution is -2.08. The standard InChI is InChI=1S/C21H16FN3O/c1-14-17(13-23-25(14)20-9-5-3-7-18(20)22)21(26)12-16-11-10-15-6-2-4-8-19(15)24-16/h2-11,13H,12H2,1H3. The van der Waals surface area contributed by atoms with Crippen molar-refractivity contribution in [2.24, 2.45) is 0 Å². The molecule has 0 atom stereocenters. The molecule has 0 unspecified atom stereocenters. The fraction of sp³-hybridized carbons (Fsp3) is 0.0952. The average molecular weight is 345 g/mol. The lowest BCUT2D eigenvalue weighted by Gasteiger charge is -2.06. The van der Waals surface area contributed by atoms with E-state index in [0.717, 1.165) is 10.9 Å². The number of rotatable bonds is 4. The zero-order chi connectivity index (χ0) is 18.1. The zero-order valence-electron chi connectivity index (χ0n) is 14.2. The molecule has 0 N–H and O–H groups in total. The highest BCUT2D eigenvalue weighted by molar-refractivity contribution is 5.98. The van der Waals surface area contributed by atoms with Gasteiger partial charge in [-0.3, -0.25) is 9.78 Å². The molecule has 0 bridgehead atoms. The van der Waals surface area contributed by atoms with E-state index in [2.05, 4.69) is 10.1 Å². The average Bonchev–Trinajstić information content (AvgIpc) is 3.03. The monoisotopic (exact) mass is 345 g/mol. The van der Waals surface area contributed by atoms with Crippen LogP contribution in [0.3, 0.4) is 0 Å². The molecule has 0 fully saturated rings. The topological polar surface area (TPSA) is 47.8 Å². The molecule has 4 nitrogen and oxygen atoms in total. The second-order valence-electron chi connectivity index (χ2n) is 6.10. The number of nitrogens with zero attached hydrogens (tertiary/aromatic N) is 3. The summed E-state index contributed by atoms with van der Waals surface area (Å²) < 4.78 is 15.5. The van der Waals surface area contributed by atoms with Crippen LogP contribution in [-0.2, 0) is 6.42 Å². The fourth-order valence-electron chi connectivity index (χ4n) is 3.02. The minimum absolute atomic E-state index is 0.0899. The predicted molar refractivity (Wildman–Crippen MR) is 98.0 cm³/mol. The zero-order valence-corrected chi connectivity index (χ0v) is 14.2. The van der Waals surface area contributed by atoms with Crippen LogP contribution in [-0.4, -0.2) is 20.5 Å². The number of carbonyl (C=O) groups is 1. The van der Waals surface area contributed by atoms with Crippen molar-refractivity contribution in [1.82, 2.24) is 14.8 Å². The number of aromatic nitrogens is 3. The van der Waals surface area contributed by atoms with E-state index in [4.69, 9.17) is 0 Å². The van der Waals surface area contributed by atoms with Crippen molar-refractivity contribution in [3.8, 4) is 5.69 Å². The van der Waals surface area contributed by atoms with Crippen LogP contribution in [0.2, 0.25) is 0 Å². The van der Waals surface area contributed by atoms with Crippen molar-refractivity contribution in [1.29, 1.82) is 0 Å². The van der Waals surface area contributed by atoms with E-state index >= 15 is 0 Å². The molecule has 0 aliphatic carbocycles. The van der Waals surface area contributed by atoms with Crippen molar-refractivity contribution in [2.45, 2.75) is 13.3 Å². The third-order valence-corrected chi connectivity index (χ3v) is 4.39. The molecule has 4 rings (SSSR count). The maximum absolute atomic E-state index is 14.0. The molecular formula is C21H16FN3O. The number of Topliss-reactive ketones (excluding diaryl/α,β-unsaturated/α-hetero) is 1. The third-order valence-electron chi connectivity index (χ3n) is 4.39. The number of hydrogen-bond donors (Lipinski definition) is 0. The van der Waals surface area contributed by atoms with Crippen LogP contribution in [0.1, 0.15) is 21.7 Å². The summed E-state index contributed by atoms with van der Waals surface area (Å²) in [5.41, 5.74) is 2.97. The van der Waals surface area contributed by atoms with E-state index in [1.807, 2.05) is 36.4 Å². The number of benzene rings is 2. The molecule has 2 aromatic carbocycles. The summed E-state index contributed by atoms with van der Waals surface area (Å²) in [4.78, 5) is 17.3. The summed E-state index contributed by atoms with van der Waals surface area (Å²) in [6.07, 6.45) is 1.67. The maximum Gasteiger partial charge on any atom is 0.172 e. The highest BCUT2D eigenvalue weighted by atomic mass is 19.1. The summed E-state index contributed by atoms with van der Waals surface area (Å²) in [6, 6.07) is 18.0. The molecule has 128 valence electrons. The van der Waals surface area contributed by atoms with Crippen molar-refractivity contribution in [2.75, 3.05) is 0 Å². The summed E-state index contributed by atoms with van der Waals surface area (Å²) in [6.45, 7) is 1.76. The minimum atomic E-state index is -0.381. The van der Waals surface area contributed by atoms with Crippen LogP contribution in [0.25, 0.3) is 16.6 Å². The number of carbonyl (C=O) groups excluding carboxylic acids is 1. The normalized spacial score (nSPS) is 11.0. The highest BCUT2D eigenvalue weighted by Gasteiger charge is 2.17. The Morgan fingerprint density at radius 1 is 1.04 bits per heavy atom. The molecule has 0 spiro atoms. The third kappa shape index (κ3) is 2.88. The van der Waals surface area contributed by atoms with Gasteiger partial charge in [-0.25, -0.2) is 9.07 Å². The number of pyridine rings is 1. The van der Waals surface area contributed by atoms with E-state index in [0.29, 0.717) is 22.6 Å². The van der Waals surface area contributed by atoms with Crippen molar-refractivity contribution >= 4 is 16.7 Å². The smallest absolute Gasteiger partial charge is 0.172 e. The van der Waals surface area contributed by atoms with Crippen molar-refractivity contribution in [3.63, 3.8) is 0 Å². The molecule has 0 amide bonds. The number of para-hydroxylation sites is 2. The number of hydrogen-bond acceptors (Lipinski definition) is 3. The molecule has 4 aromatic rings. The van der Waals surface area contributed by atoms with Crippen LogP contribution in [0.4, 0.5) is 4.39 Å². The van der Waals surface area contributed by atoms with Gasteiger partial charge in [0, 0.05) is 11.1 Å². The van der Waals surface area contributed by atoms with Gasteiger partial charge >= 0.3 is 0 Å². The molecule has 0 aliphatic heterocycles. The minimum Gasteiger partial charge on any atom is -0.294 e. The van der Waals surface area contributed by atoms with E-state index in [1.54, 1.807) is 25.1 Å². The van der Waals surface area contributed by atoms with Gasteiger partial charge < -0.3 is 0 Å². The Bertz CT molecular complexity index is 1120. The lowest BCUT2D eigenvalue weighted by molar-refractivity contribution is 0.0991. The number of ketones is 1. The molecule has 0 radical (unpaired) electrons. The second-order valence-corrected chi connectivity index (χ2v) is 6.10. The Morgan fingerprint density at radius 2 is 1.81 bits per heavy atom. The largest absolute Gasteiger partial charge is 0.294 e.